The van der Waals surface area contributed by atoms with Gasteiger partial charge in [0.15, 0.2) is 0 Å². The van der Waals surface area contributed by atoms with Crippen molar-refractivity contribution in [1.29, 1.82) is 0 Å². The van der Waals surface area contributed by atoms with E-state index in [0.29, 0.717) is 5.88 Å². The van der Waals surface area contributed by atoms with Crippen LogP contribution in [0.25, 0.3) is 0 Å². The molecule has 15 heavy (non-hydrogen) atoms. The Morgan fingerprint density at radius 1 is 1.47 bits per heavy atom. The molecule has 0 aliphatic rings. The van der Waals surface area contributed by atoms with Gasteiger partial charge in [0.25, 0.3) is 0 Å². The normalized spacial score (nSPS) is 15.0. The van der Waals surface area contributed by atoms with E-state index in [4.69, 9.17) is 23.2 Å². The van der Waals surface area contributed by atoms with Gasteiger partial charge in [0, 0.05) is 23.9 Å². The summed E-state index contributed by atoms with van der Waals surface area (Å²) in [6, 6.07) is 0. The lowest BCUT2D eigenvalue weighted by molar-refractivity contribution is 0.291. The van der Waals surface area contributed by atoms with Crippen LogP contribution in [0.2, 0.25) is 0 Å². The van der Waals surface area contributed by atoms with Crippen molar-refractivity contribution in [3.8, 4) is 12.3 Å². The third-order valence-corrected chi connectivity index (χ3v) is 3.11. The average Bonchev–Trinajstić information content (AvgIpc) is 2.26. The van der Waals surface area contributed by atoms with Gasteiger partial charge in [0.2, 0.25) is 0 Å². The Labute approximate surface area is 97.7 Å². The molecule has 0 bridgehead atoms. The number of nitrogens with zero attached hydrogens (tertiary/aromatic N) is 1. The number of terminal acetylenes is 1. The molecule has 0 aromatic rings. The lowest BCUT2D eigenvalue weighted by Gasteiger charge is -2.27. The highest BCUT2D eigenvalue weighted by molar-refractivity contribution is 6.17. The molecular weight excluding hydrogens is 210 g/mol. The number of alkyl halides is 1. The summed E-state index contributed by atoms with van der Waals surface area (Å²) in [6.07, 6.45) is 12.4. The number of rotatable bonds is 8. The maximum absolute atomic E-state index is 8.68. The molecule has 0 radical (unpaired) electrons. The second-order valence-electron chi connectivity index (χ2n) is 3.81. The van der Waals surface area contributed by atoms with Gasteiger partial charge >= 0.3 is 0 Å². The first-order chi connectivity index (χ1) is 7.24. The summed E-state index contributed by atoms with van der Waals surface area (Å²) < 4.78 is 0. The van der Waals surface area contributed by atoms with E-state index in [1.54, 1.807) is 6.21 Å². The standard InChI is InChI=1S/C12H20ClNO/c1-3-5-6-8-12(4-2,11-14-15)9-7-10-13/h1,11,15H,4-10H2,2H3/b14-11+. The molecule has 0 aliphatic carbocycles. The molecule has 0 spiro atoms. The number of halogens is 1. The van der Waals surface area contributed by atoms with E-state index in [0.717, 1.165) is 38.5 Å². The Morgan fingerprint density at radius 3 is 2.60 bits per heavy atom. The van der Waals surface area contributed by atoms with Crippen LogP contribution in [-0.2, 0) is 0 Å². The van der Waals surface area contributed by atoms with Gasteiger partial charge < -0.3 is 5.21 Å². The Morgan fingerprint density at radius 2 is 2.13 bits per heavy atom. The van der Waals surface area contributed by atoms with Gasteiger partial charge in [0.1, 0.15) is 0 Å². The quantitative estimate of drug-likeness (QED) is 0.169. The molecular formula is C12H20ClNO. The summed E-state index contributed by atoms with van der Waals surface area (Å²) in [7, 11) is 0. The van der Waals surface area contributed by atoms with Gasteiger partial charge in [-0.25, -0.2) is 0 Å². The highest BCUT2D eigenvalue weighted by Crippen LogP contribution is 2.32. The fourth-order valence-electron chi connectivity index (χ4n) is 1.78. The van der Waals surface area contributed by atoms with Crippen molar-refractivity contribution in [2.45, 2.75) is 45.4 Å². The zero-order valence-electron chi connectivity index (χ0n) is 9.38. The first kappa shape index (κ1) is 14.3. The number of hydrogen-bond acceptors (Lipinski definition) is 2. The van der Waals surface area contributed by atoms with Crippen LogP contribution in [0.15, 0.2) is 5.16 Å². The molecule has 0 heterocycles. The molecule has 0 fully saturated rings. The molecule has 1 atom stereocenters. The van der Waals surface area contributed by atoms with Crippen LogP contribution >= 0.6 is 11.6 Å². The fourth-order valence-corrected chi connectivity index (χ4v) is 1.92. The minimum Gasteiger partial charge on any atom is -0.411 e. The van der Waals surface area contributed by atoms with Gasteiger partial charge in [-0.3, -0.25) is 0 Å². The van der Waals surface area contributed by atoms with E-state index in [-0.39, 0.29) is 5.41 Å². The first-order valence-electron chi connectivity index (χ1n) is 5.42. The van der Waals surface area contributed by atoms with Crippen LogP contribution in [0.5, 0.6) is 0 Å². The van der Waals surface area contributed by atoms with Crippen LogP contribution in [-0.4, -0.2) is 17.3 Å². The van der Waals surface area contributed by atoms with Gasteiger partial charge in [-0.2, -0.15) is 0 Å². The third kappa shape index (κ3) is 5.69. The lowest BCUT2D eigenvalue weighted by atomic mass is 9.77. The molecule has 1 N–H and O–H groups in total. The maximum Gasteiger partial charge on any atom is 0.0497 e. The molecule has 0 rings (SSSR count). The molecule has 0 saturated carbocycles. The summed E-state index contributed by atoms with van der Waals surface area (Å²) in [6.45, 7) is 2.10. The average molecular weight is 230 g/mol. The zero-order chi connectivity index (χ0) is 11.6. The van der Waals surface area contributed by atoms with Gasteiger partial charge in [-0.05, 0) is 32.1 Å². The molecule has 0 amide bonds. The zero-order valence-corrected chi connectivity index (χ0v) is 10.1. The van der Waals surface area contributed by atoms with Gasteiger partial charge in [0.05, 0.1) is 0 Å². The van der Waals surface area contributed by atoms with E-state index in [1.807, 2.05) is 0 Å². The third-order valence-electron chi connectivity index (χ3n) is 2.84. The molecule has 1 unspecified atom stereocenters. The van der Waals surface area contributed by atoms with Gasteiger partial charge in [-0.15, -0.1) is 29.1 Å². The number of hydrogen-bond donors (Lipinski definition) is 1. The molecule has 0 aromatic heterocycles. The molecule has 0 saturated heterocycles. The second kappa shape index (κ2) is 8.61. The molecule has 2 nitrogen and oxygen atoms in total. The molecule has 0 aromatic carbocycles. The first-order valence-corrected chi connectivity index (χ1v) is 5.96. The largest absolute Gasteiger partial charge is 0.411 e. The van der Waals surface area contributed by atoms with Crippen LogP contribution in [0.1, 0.15) is 45.4 Å². The minimum atomic E-state index is -0.0273. The van der Waals surface area contributed by atoms with Crippen molar-refractivity contribution in [3.05, 3.63) is 0 Å². The Hall–Kier alpha value is -0.680. The van der Waals surface area contributed by atoms with E-state index in [9.17, 15) is 0 Å². The van der Waals surface area contributed by atoms with E-state index in [1.165, 1.54) is 0 Å². The summed E-state index contributed by atoms with van der Waals surface area (Å²) in [4.78, 5) is 0. The Balaban J connectivity index is 4.30. The molecule has 0 aliphatic heterocycles. The van der Waals surface area contributed by atoms with Crippen molar-refractivity contribution in [3.63, 3.8) is 0 Å². The highest BCUT2D eigenvalue weighted by Gasteiger charge is 2.25. The SMILES string of the molecule is C#CCCCC(/C=N/O)(CC)CCCCl. The smallest absolute Gasteiger partial charge is 0.0497 e. The van der Waals surface area contributed by atoms with E-state index in [2.05, 4.69) is 18.0 Å². The van der Waals surface area contributed by atoms with Crippen molar-refractivity contribution in [2.24, 2.45) is 10.6 Å². The summed E-state index contributed by atoms with van der Waals surface area (Å²) in [5.41, 5.74) is -0.0273. The number of unbranched alkanes of at least 4 members (excludes halogenated alkanes) is 1. The van der Waals surface area contributed by atoms with Crippen molar-refractivity contribution in [1.82, 2.24) is 0 Å². The van der Waals surface area contributed by atoms with Crippen molar-refractivity contribution in [2.75, 3.05) is 5.88 Å². The summed E-state index contributed by atoms with van der Waals surface area (Å²) in [5.74, 6) is 3.28. The van der Waals surface area contributed by atoms with Crippen LogP contribution in [0.3, 0.4) is 0 Å². The van der Waals surface area contributed by atoms with E-state index >= 15 is 0 Å². The Kier molecular flexibility index (Phi) is 8.22. The van der Waals surface area contributed by atoms with Crippen LogP contribution in [0, 0.1) is 17.8 Å². The highest BCUT2D eigenvalue weighted by atomic mass is 35.5. The molecule has 86 valence electrons. The van der Waals surface area contributed by atoms with Crippen LogP contribution < -0.4 is 0 Å². The van der Waals surface area contributed by atoms with E-state index < -0.39 is 0 Å². The van der Waals surface area contributed by atoms with Gasteiger partial charge in [-0.1, -0.05) is 6.92 Å². The predicted molar refractivity (Wildman–Crippen MR) is 65.6 cm³/mol. The molecule has 3 heteroatoms. The maximum atomic E-state index is 8.68. The minimum absolute atomic E-state index is 0.0273. The predicted octanol–water partition coefficient (Wildman–Crippen LogP) is 3.67. The summed E-state index contributed by atoms with van der Waals surface area (Å²) >= 11 is 5.69. The fraction of sp³-hybridized carbons (Fsp3) is 0.750. The van der Waals surface area contributed by atoms with Crippen molar-refractivity contribution >= 4 is 17.8 Å². The van der Waals surface area contributed by atoms with Crippen molar-refractivity contribution < 1.29 is 5.21 Å². The summed E-state index contributed by atoms with van der Waals surface area (Å²) in [5, 5.41) is 11.9. The lowest BCUT2D eigenvalue weighted by Crippen LogP contribution is -2.22. The monoisotopic (exact) mass is 229 g/mol. The topological polar surface area (TPSA) is 32.6 Å². The second-order valence-corrected chi connectivity index (χ2v) is 4.19. The Bertz CT molecular complexity index is 222. The van der Waals surface area contributed by atoms with Crippen LogP contribution in [0.4, 0.5) is 0 Å². The number of oxime groups is 1.